The topological polar surface area (TPSA) is 111 Å². The maximum Gasteiger partial charge on any atom is 0.276 e. The van der Waals surface area contributed by atoms with Gasteiger partial charge in [0, 0.05) is 30.8 Å². The van der Waals surface area contributed by atoms with Crippen molar-refractivity contribution >= 4 is 23.2 Å². The number of ether oxygens (including phenoxy) is 2. The van der Waals surface area contributed by atoms with Crippen LogP contribution in [-0.4, -0.2) is 44.0 Å². The highest BCUT2D eigenvalue weighted by Gasteiger charge is 2.35. The van der Waals surface area contributed by atoms with Crippen LogP contribution in [0.3, 0.4) is 0 Å². The van der Waals surface area contributed by atoms with Gasteiger partial charge in [-0.3, -0.25) is 19.7 Å². The number of amides is 2. The molecule has 1 N–H and O–H groups in total. The molecule has 1 heterocycles. The number of anilines is 1. The second kappa shape index (κ2) is 9.67. The van der Waals surface area contributed by atoms with Gasteiger partial charge in [-0.05, 0) is 43.5 Å². The first kappa shape index (κ1) is 23.1. The molecule has 3 rings (SSSR count). The lowest BCUT2D eigenvalue weighted by atomic mass is 10.1. The molecule has 0 aliphatic carbocycles. The van der Waals surface area contributed by atoms with E-state index >= 15 is 0 Å². The van der Waals surface area contributed by atoms with Crippen LogP contribution in [0.2, 0.25) is 0 Å². The molecule has 9 heteroatoms. The molecule has 1 saturated heterocycles. The molecule has 1 aliphatic rings. The van der Waals surface area contributed by atoms with Gasteiger partial charge in [0.15, 0.2) is 11.5 Å². The molecule has 0 bridgehead atoms. The maximum absolute atomic E-state index is 12.7. The van der Waals surface area contributed by atoms with Crippen molar-refractivity contribution in [3.8, 4) is 11.5 Å². The SMILES string of the molecule is COc1cc(CCNC(=O)C2CC(=O)N(c3cccc(C)c3C)C2)c([N+](=O)[O-])cc1OC. The van der Waals surface area contributed by atoms with Crippen molar-refractivity contribution in [1.29, 1.82) is 0 Å². The molecule has 9 nitrogen and oxygen atoms in total. The minimum absolute atomic E-state index is 0.0885. The Kier molecular flexibility index (Phi) is 6.97. The van der Waals surface area contributed by atoms with Gasteiger partial charge in [0.05, 0.1) is 31.1 Å². The van der Waals surface area contributed by atoms with Gasteiger partial charge in [-0.15, -0.1) is 0 Å². The van der Waals surface area contributed by atoms with E-state index in [1.807, 2.05) is 32.0 Å². The first-order chi connectivity index (χ1) is 15.3. The molecular weight excluding hydrogens is 414 g/mol. The van der Waals surface area contributed by atoms with E-state index in [1.54, 1.807) is 11.0 Å². The Labute approximate surface area is 186 Å². The molecular formula is C23H27N3O6. The normalized spacial score (nSPS) is 15.6. The van der Waals surface area contributed by atoms with Crippen molar-refractivity contribution in [1.82, 2.24) is 5.32 Å². The summed E-state index contributed by atoms with van der Waals surface area (Å²) in [4.78, 5) is 37.8. The molecule has 1 atom stereocenters. The third-order valence-electron chi connectivity index (χ3n) is 5.84. The molecule has 2 amide bonds. The van der Waals surface area contributed by atoms with Crippen molar-refractivity contribution in [3.05, 3.63) is 57.1 Å². The number of hydrogen-bond acceptors (Lipinski definition) is 6. The smallest absolute Gasteiger partial charge is 0.276 e. The predicted molar refractivity (Wildman–Crippen MR) is 119 cm³/mol. The van der Waals surface area contributed by atoms with Crippen molar-refractivity contribution in [3.63, 3.8) is 0 Å². The zero-order valence-corrected chi connectivity index (χ0v) is 18.6. The van der Waals surface area contributed by atoms with Crippen molar-refractivity contribution in [2.24, 2.45) is 5.92 Å². The maximum atomic E-state index is 12.7. The summed E-state index contributed by atoms with van der Waals surface area (Å²) in [6.07, 6.45) is 0.375. The third-order valence-corrected chi connectivity index (χ3v) is 5.84. The first-order valence-corrected chi connectivity index (χ1v) is 10.3. The minimum atomic E-state index is -0.489. The Bertz CT molecular complexity index is 1050. The summed E-state index contributed by atoms with van der Waals surface area (Å²) in [6.45, 7) is 4.45. The quantitative estimate of drug-likeness (QED) is 0.498. The Morgan fingerprint density at radius 1 is 1.22 bits per heavy atom. The molecule has 0 aromatic heterocycles. The van der Waals surface area contributed by atoms with Gasteiger partial charge in [0.25, 0.3) is 5.69 Å². The summed E-state index contributed by atoms with van der Waals surface area (Å²) in [6, 6.07) is 8.63. The van der Waals surface area contributed by atoms with E-state index in [1.165, 1.54) is 20.3 Å². The van der Waals surface area contributed by atoms with Crippen molar-refractivity contribution in [2.75, 3.05) is 32.2 Å². The number of aryl methyl sites for hydroxylation is 1. The number of nitro benzene ring substituents is 1. The fraction of sp³-hybridized carbons (Fsp3) is 0.391. The highest BCUT2D eigenvalue weighted by atomic mass is 16.6. The third kappa shape index (κ3) is 4.66. The van der Waals surface area contributed by atoms with E-state index < -0.39 is 10.8 Å². The number of nitrogens with one attached hydrogen (secondary N) is 1. The standard InChI is InChI=1S/C23H27N3O6/c1-14-6-5-7-18(15(14)2)25-13-17(11-22(25)27)23(28)24-9-8-16-10-20(31-3)21(32-4)12-19(16)26(29)30/h5-7,10,12,17H,8-9,11,13H2,1-4H3,(H,24,28). The molecule has 170 valence electrons. The largest absolute Gasteiger partial charge is 0.493 e. The highest BCUT2D eigenvalue weighted by molar-refractivity contribution is 6.00. The fourth-order valence-corrected chi connectivity index (χ4v) is 3.89. The summed E-state index contributed by atoms with van der Waals surface area (Å²) in [5, 5.41) is 14.2. The molecule has 1 aliphatic heterocycles. The zero-order chi connectivity index (χ0) is 23.4. The number of hydrogen-bond donors (Lipinski definition) is 1. The molecule has 1 unspecified atom stereocenters. The number of methoxy groups -OCH3 is 2. The van der Waals surface area contributed by atoms with Crippen LogP contribution in [0, 0.1) is 29.9 Å². The second-order valence-corrected chi connectivity index (χ2v) is 7.76. The Morgan fingerprint density at radius 3 is 2.56 bits per heavy atom. The molecule has 0 spiro atoms. The van der Waals surface area contributed by atoms with Crippen LogP contribution in [0.5, 0.6) is 11.5 Å². The Hall–Kier alpha value is -3.62. The number of carbonyl (C=O) groups is 2. The molecule has 0 radical (unpaired) electrons. The summed E-state index contributed by atoms with van der Waals surface area (Å²) >= 11 is 0. The van der Waals surface area contributed by atoms with Crippen LogP contribution in [0.25, 0.3) is 0 Å². The van der Waals surface area contributed by atoms with E-state index in [4.69, 9.17) is 9.47 Å². The van der Waals surface area contributed by atoms with E-state index in [0.717, 1.165) is 16.8 Å². The Morgan fingerprint density at radius 2 is 1.91 bits per heavy atom. The number of carbonyl (C=O) groups excluding carboxylic acids is 2. The zero-order valence-electron chi connectivity index (χ0n) is 18.6. The second-order valence-electron chi connectivity index (χ2n) is 7.76. The van der Waals surface area contributed by atoms with Gasteiger partial charge in [0.1, 0.15) is 0 Å². The van der Waals surface area contributed by atoms with E-state index in [-0.39, 0.29) is 42.6 Å². The van der Waals surface area contributed by atoms with Gasteiger partial charge in [-0.25, -0.2) is 0 Å². The van der Waals surface area contributed by atoms with E-state index in [2.05, 4.69) is 5.32 Å². The average molecular weight is 441 g/mol. The number of benzene rings is 2. The molecule has 1 fully saturated rings. The van der Waals surface area contributed by atoms with Crippen LogP contribution in [-0.2, 0) is 16.0 Å². The van der Waals surface area contributed by atoms with Gasteiger partial charge in [-0.1, -0.05) is 12.1 Å². The number of nitrogens with zero attached hydrogens (tertiary/aromatic N) is 2. The monoisotopic (exact) mass is 441 g/mol. The van der Waals surface area contributed by atoms with E-state index in [0.29, 0.717) is 17.9 Å². The molecule has 2 aromatic carbocycles. The lowest BCUT2D eigenvalue weighted by molar-refractivity contribution is -0.385. The average Bonchev–Trinajstić information content (AvgIpc) is 3.16. The lowest BCUT2D eigenvalue weighted by Gasteiger charge is -2.20. The van der Waals surface area contributed by atoms with Gasteiger partial charge < -0.3 is 19.7 Å². The summed E-state index contributed by atoms with van der Waals surface area (Å²) in [5.74, 6) is -0.153. The predicted octanol–water partition coefficient (Wildman–Crippen LogP) is 2.94. The van der Waals surface area contributed by atoms with Crippen molar-refractivity contribution in [2.45, 2.75) is 26.7 Å². The van der Waals surface area contributed by atoms with Crippen LogP contribution < -0.4 is 19.7 Å². The molecule has 2 aromatic rings. The number of rotatable bonds is 8. The first-order valence-electron chi connectivity index (χ1n) is 10.3. The van der Waals surface area contributed by atoms with Crippen LogP contribution in [0.15, 0.2) is 30.3 Å². The highest BCUT2D eigenvalue weighted by Crippen LogP contribution is 2.34. The fourth-order valence-electron chi connectivity index (χ4n) is 3.89. The van der Waals surface area contributed by atoms with Crippen LogP contribution in [0.4, 0.5) is 11.4 Å². The summed E-state index contributed by atoms with van der Waals surface area (Å²) < 4.78 is 10.4. The summed E-state index contributed by atoms with van der Waals surface area (Å²) in [5.41, 5.74) is 3.25. The number of nitro groups is 1. The van der Waals surface area contributed by atoms with Crippen LogP contribution in [0.1, 0.15) is 23.1 Å². The molecule has 32 heavy (non-hydrogen) atoms. The van der Waals surface area contributed by atoms with Gasteiger partial charge >= 0.3 is 0 Å². The van der Waals surface area contributed by atoms with Crippen molar-refractivity contribution < 1.29 is 24.0 Å². The minimum Gasteiger partial charge on any atom is -0.493 e. The lowest BCUT2D eigenvalue weighted by Crippen LogP contribution is -2.34. The molecule has 0 saturated carbocycles. The van der Waals surface area contributed by atoms with Crippen LogP contribution >= 0.6 is 0 Å². The summed E-state index contributed by atoms with van der Waals surface area (Å²) in [7, 11) is 2.86. The van der Waals surface area contributed by atoms with Gasteiger partial charge in [0.2, 0.25) is 11.8 Å². The Balaban J connectivity index is 1.65. The van der Waals surface area contributed by atoms with E-state index in [9.17, 15) is 19.7 Å². The van der Waals surface area contributed by atoms with Gasteiger partial charge in [-0.2, -0.15) is 0 Å².